The van der Waals surface area contributed by atoms with E-state index in [1.807, 2.05) is 25.7 Å². The molecule has 0 unspecified atom stereocenters. The van der Waals surface area contributed by atoms with Crippen molar-refractivity contribution >= 4 is 18.0 Å². The summed E-state index contributed by atoms with van der Waals surface area (Å²) in [7, 11) is 0. The fraction of sp³-hybridized carbons (Fsp3) is 0.857. The molecule has 2 aliphatic rings. The van der Waals surface area contributed by atoms with Crippen LogP contribution in [0.4, 0.5) is 4.79 Å². The van der Waals surface area contributed by atoms with Crippen molar-refractivity contribution < 1.29 is 29.0 Å². The molecule has 2 fully saturated rings. The Hall–Kier alpha value is -1.83. The number of carbonyl (C=O) groups is 3. The van der Waals surface area contributed by atoms with Crippen molar-refractivity contribution in [2.75, 3.05) is 32.8 Å². The first-order chi connectivity index (χ1) is 13.6. The molecular weight excluding hydrogens is 376 g/mol. The highest BCUT2D eigenvalue weighted by atomic mass is 16.6. The first kappa shape index (κ1) is 23.4. The molecule has 8 heteroatoms. The number of rotatable bonds is 7. The highest BCUT2D eigenvalue weighted by Crippen LogP contribution is 2.22. The Morgan fingerprint density at radius 1 is 0.931 bits per heavy atom. The molecule has 0 aromatic carbocycles. The van der Waals surface area contributed by atoms with Crippen molar-refractivity contribution in [1.29, 1.82) is 0 Å². The molecule has 0 saturated carbocycles. The smallest absolute Gasteiger partial charge is 0.410 e. The number of aliphatic carboxylic acids is 1. The number of nitrogens with zero attached hydrogens (tertiary/aromatic N) is 2. The number of likely N-dealkylation sites (tertiary alicyclic amines) is 2. The fourth-order valence-electron chi connectivity index (χ4n) is 3.70. The molecular formula is C21H36N2O6. The average Bonchev–Trinajstić information content (AvgIpc) is 2.65. The average molecular weight is 413 g/mol. The lowest BCUT2D eigenvalue weighted by molar-refractivity contribution is -0.137. The number of hydrogen-bond donors (Lipinski definition) is 1. The van der Waals surface area contributed by atoms with Crippen molar-refractivity contribution in [3.05, 3.63) is 0 Å². The molecule has 2 heterocycles. The number of amides is 2. The SMILES string of the molecule is CC(C)(C)OC(=O)N1CCC(COC2CCN(C(=O)CCCC(=O)O)CC2)CC1. The van der Waals surface area contributed by atoms with Crippen LogP contribution >= 0.6 is 0 Å². The van der Waals surface area contributed by atoms with Crippen molar-refractivity contribution in [3.63, 3.8) is 0 Å². The quantitative estimate of drug-likeness (QED) is 0.691. The topological polar surface area (TPSA) is 96.4 Å². The van der Waals surface area contributed by atoms with Crippen LogP contribution in [0.25, 0.3) is 0 Å². The van der Waals surface area contributed by atoms with E-state index in [1.54, 1.807) is 4.90 Å². The van der Waals surface area contributed by atoms with Crippen molar-refractivity contribution in [3.8, 4) is 0 Å². The molecule has 0 atom stereocenters. The second-order valence-corrected chi connectivity index (χ2v) is 9.07. The first-order valence-corrected chi connectivity index (χ1v) is 10.7. The maximum absolute atomic E-state index is 12.1. The Balaban J connectivity index is 1.60. The van der Waals surface area contributed by atoms with Gasteiger partial charge in [-0.25, -0.2) is 4.79 Å². The highest BCUT2D eigenvalue weighted by molar-refractivity contribution is 5.77. The van der Waals surface area contributed by atoms with Gasteiger partial charge in [-0.15, -0.1) is 0 Å². The third kappa shape index (κ3) is 8.60. The van der Waals surface area contributed by atoms with Crippen LogP contribution < -0.4 is 0 Å². The van der Waals surface area contributed by atoms with E-state index in [1.165, 1.54) is 0 Å². The van der Waals surface area contributed by atoms with Crippen LogP contribution in [-0.4, -0.2) is 77.4 Å². The molecule has 166 valence electrons. The predicted molar refractivity (Wildman–Crippen MR) is 108 cm³/mol. The van der Waals surface area contributed by atoms with Gasteiger partial charge in [0.15, 0.2) is 0 Å². The van der Waals surface area contributed by atoms with E-state index < -0.39 is 11.6 Å². The zero-order valence-corrected chi connectivity index (χ0v) is 18.0. The molecule has 2 saturated heterocycles. The third-order valence-corrected chi connectivity index (χ3v) is 5.41. The molecule has 0 bridgehead atoms. The van der Waals surface area contributed by atoms with Gasteiger partial charge in [0.1, 0.15) is 5.60 Å². The van der Waals surface area contributed by atoms with Crippen LogP contribution in [0.15, 0.2) is 0 Å². The molecule has 2 amide bonds. The van der Waals surface area contributed by atoms with Crippen LogP contribution in [0.3, 0.4) is 0 Å². The summed E-state index contributed by atoms with van der Waals surface area (Å²) in [5.41, 5.74) is -0.469. The Bertz CT molecular complexity index is 558. The number of carboxylic acids is 1. The van der Waals surface area contributed by atoms with E-state index in [2.05, 4.69) is 0 Å². The molecule has 1 N–H and O–H groups in total. The van der Waals surface area contributed by atoms with E-state index in [0.717, 1.165) is 25.7 Å². The zero-order chi connectivity index (χ0) is 21.4. The molecule has 0 aromatic heterocycles. The van der Waals surface area contributed by atoms with Crippen molar-refractivity contribution in [1.82, 2.24) is 9.80 Å². The van der Waals surface area contributed by atoms with Gasteiger partial charge in [0.25, 0.3) is 0 Å². The maximum Gasteiger partial charge on any atom is 0.410 e. The molecule has 0 spiro atoms. The third-order valence-electron chi connectivity index (χ3n) is 5.41. The summed E-state index contributed by atoms with van der Waals surface area (Å²) >= 11 is 0. The van der Waals surface area contributed by atoms with E-state index in [-0.39, 0.29) is 24.5 Å². The predicted octanol–water partition coefficient (Wildman–Crippen LogP) is 2.90. The number of carbonyl (C=O) groups excluding carboxylic acids is 2. The Kier molecular flexibility index (Phi) is 8.74. The molecule has 0 aromatic rings. The minimum Gasteiger partial charge on any atom is -0.481 e. The van der Waals surface area contributed by atoms with Crippen LogP contribution in [0.2, 0.25) is 0 Å². The minimum absolute atomic E-state index is 0.0397. The number of carboxylic acid groups (broad SMARTS) is 1. The Morgan fingerprint density at radius 2 is 1.52 bits per heavy atom. The largest absolute Gasteiger partial charge is 0.481 e. The van der Waals surface area contributed by atoms with E-state index in [0.29, 0.717) is 51.5 Å². The second-order valence-electron chi connectivity index (χ2n) is 9.07. The summed E-state index contributed by atoms with van der Waals surface area (Å²) in [4.78, 5) is 38.4. The molecule has 0 radical (unpaired) electrons. The monoisotopic (exact) mass is 412 g/mol. The van der Waals surface area contributed by atoms with Gasteiger partial charge in [-0.3, -0.25) is 9.59 Å². The summed E-state index contributed by atoms with van der Waals surface area (Å²) in [6.07, 6.45) is 4.14. The summed E-state index contributed by atoms with van der Waals surface area (Å²) in [6.45, 7) is 9.07. The second kappa shape index (κ2) is 10.8. The number of ether oxygens (including phenoxy) is 2. The lowest BCUT2D eigenvalue weighted by atomic mass is 9.97. The number of piperidine rings is 2. The molecule has 2 aliphatic heterocycles. The van der Waals surface area contributed by atoms with E-state index >= 15 is 0 Å². The van der Waals surface area contributed by atoms with E-state index in [9.17, 15) is 14.4 Å². The van der Waals surface area contributed by atoms with Gasteiger partial charge in [-0.05, 0) is 58.8 Å². The summed E-state index contributed by atoms with van der Waals surface area (Å²) in [5.74, 6) is -0.370. The fourth-order valence-corrected chi connectivity index (χ4v) is 3.70. The summed E-state index contributed by atoms with van der Waals surface area (Å²) < 4.78 is 11.5. The van der Waals surface area contributed by atoms with Gasteiger partial charge >= 0.3 is 12.1 Å². The van der Waals surface area contributed by atoms with Gasteiger partial charge < -0.3 is 24.4 Å². The normalized spacial score (nSPS) is 19.3. The van der Waals surface area contributed by atoms with E-state index in [4.69, 9.17) is 14.6 Å². The molecule has 8 nitrogen and oxygen atoms in total. The van der Waals surface area contributed by atoms with Gasteiger partial charge in [-0.2, -0.15) is 0 Å². The van der Waals surface area contributed by atoms with Crippen molar-refractivity contribution in [2.24, 2.45) is 5.92 Å². The number of hydrogen-bond acceptors (Lipinski definition) is 5. The first-order valence-electron chi connectivity index (χ1n) is 10.7. The van der Waals surface area contributed by atoms with Crippen LogP contribution in [0, 0.1) is 5.92 Å². The van der Waals surface area contributed by atoms with Crippen molar-refractivity contribution in [2.45, 2.75) is 77.4 Å². The minimum atomic E-state index is -0.859. The summed E-state index contributed by atoms with van der Waals surface area (Å²) in [6, 6.07) is 0. The Labute approximate surface area is 173 Å². The van der Waals surface area contributed by atoms with Gasteiger partial charge in [-0.1, -0.05) is 0 Å². The maximum atomic E-state index is 12.1. The standard InChI is InChI=1S/C21H36N2O6/c1-21(2,3)29-20(27)23-11-7-16(8-12-23)15-28-17-9-13-22(14-10-17)18(24)5-4-6-19(25)26/h16-17H,4-15H2,1-3H3,(H,25,26). The van der Waals surface area contributed by atoms with Crippen LogP contribution in [0.5, 0.6) is 0 Å². The van der Waals surface area contributed by atoms with Crippen LogP contribution in [0.1, 0.15) is 65.7 Å². The lowest BCUT2D eigenvalue weighted by Crippen LogP contribution is -2.43. The summed E-state index contributed by atoms with van der Waals surface area (Å²) in [5, 5.41) is 8.66. The van der Waals surface area contributed by atoms with Gasteiger partial charge in [0.2, 0.25) is 5.91 Å². The molecule has 2 rings (SSSR count). The van der Waals surface area contributed by atoms with Gasteiger partial charge in [0, 0.05) is 45.6 Å². The van der Waals surface area contributed by atoms with Crippen LogP contribution in [-0.2, 0) is 19.1 Å². The molecule has 0 aliphatic carbocycles. The van der Waals surface area contributed by atoms with Gasteiger partial charge in [0.05, 0.1) is 6.10 Å². The molecule has 29 heavy (non-hydrogen) atoms. The highest BCUT2D eigenvalue weighted by Gasteiger charge is 2.28. The lowest BCUT2D eigenvalue weighted by Gasteiger charge is -2.35. The Morgan fingerprint density at radius 3 is 2.07 bits per heavy atom. The zero-order valence-electron chi connectivity index (χ0n) is 18.0.